The van der Waals surface area contributed by atoms with E-state index in [0.717, 1.165) is 42.0 Å². The van der Waals surface area contributed by atoms with Gasteiger partial charge in [0.05, 0.1) is 5.92 Å². The number of carbonyl (C=O) groups excluding carboxylic acids is 1. The zero-order valence-corrected chi connectivity index (χ0v) is 12.5. The molecule has 0 bridgehead atoms. The highest BCUT2D eigenvalue weighted by Crippen LogP contribution is 2.32. The minimum atomic E-state index is -0.239. The summed E-state index contributed by atoms with van der Waals surface area (Å²) in [5.74, 6) is 1.28. The van der Waals surface area contributed by atoms with Crippen molar-refractivity contribution in [3.05, 3.63) is 10.8 Å². The molecule has 3 N–H and O–H groups in total. The van der Waals surface area contributed by atoms with Crippen LogP contribution in [0.2, 0.25) is 0 Å². The highest BCUT2D eigenvalue weighted by Gasteiger charge is 2.29. The monoisotopic (exact) mass is 327 g/mol. The number of nitrogens with zero attached hydrogens (tertiary/aromatic N) is 3. The lowest BCUT2D eigenvalue weighted by atomic mass is 10.1. The Morgan fingerprint density at radius 1 is 1.63 bits per heavy atom. The van der Waals surface area contributed by atoms with Crippen LogP contribution in [-0.4, -0.2) is 35.5 Å². The molecule has 7 heteroatoms. The van der Waals surface area contributed by atoms with Gasteiger partial charge in [-0.15, -0.1) is 0 Å². The number of halogens is 1. The summed E-state index contributed by atoms with van der Waals surface area (Å²) in [7, 11) is 0. The molecule has 0 radical (unpaired) electrons. The van der Waals surface area contributed by atoms with Crippen molar-refractivity contribution in [3.8, 4) is 0 Å². The standard InChI is InChI=1S/C12H18BrN5O/c1-2-4-15-11-9(13)12(17-7-16-11)18-5-3-8(6-18)10(14)19/h7-8H,2-6H2,1H3,(H2,14,19)(H,15,16,17). The Bertz CT molecular complexity index is 467. The van der Waals surface area contributed by atoms with Gasteiger partial charge < -0.3 is 16.0 Å². The van der Waals surface area contributed by atoms with E-state index in [1.54, 1.807) is 0 Å². The van der Waals surface area contributed by atoms with Crippen LogP contribution in [0.1, 0.15) is 19.8 Å². The average Bonchev–Trinajstić information content (AvgIpc) is 2.87. The summed E-state index contributed by atoms with van der Waals surface area (Å²) in [4.78, 5) is 21.8. The predicted molar refractivity (Wildman–Crippen MR) is 78.0 cm³/mol. The fraction of sp³-hybridized carbons (Fsp3) is 0.583. The molecule has 1 saturated heterocycles. The molecule has 19 heavy (non-hydrogen) atoms. The van der Waals surface area contributed by atoms with Crippen molar-refractivity contribution in [2.75, 3.05) is 29.9 Å². The Morgan fingerprint density at radius 3 is 3.05 bits per heavy atom. The molecule has 1 amide bonds. The second-order valence-corrected chi connectivity index (χ2v) is 5.41. The Kier molecular flexibility index (Phi) is 4.57. The molecule has 0 spiro atoms. The number of carbonyl (C=O) groups is 1. The maximum absolute atomic E-state index is 11.2. The van der Waals surface area contributed by atoms with E-state index in [9.17, 15) is 4.79 Å². The van der Waals surface area contributed by atoms with Crippen LogP contribution >= 0.6 is 15.9 Å². The highest BCUT2D eigenvalue weighted by atomic mass is 79.9. The van der Waals surface area contributed by atoms with E-state index in [-0.39, 0.29) is 11.8 Å². The third-order valence-corrected chi connectivity index (χ3v) is 3.93. The van der Waals surface area contributed by atoms with Crippen LogP contribution in [0.4, 0.5) is 11.6 Å². The van der Waals surface area contributed by atoms with Gasteiger partial charge in [-0.05, 0) is 28.8 Å². The summed E-state index contributed by atoms with van der Waals surface area (Å²) < 4.78 is 0.841. The summed E-state index contributed by atoms with van der Waals surface area (Å²) in [6.07, 6.45) is 3.35. The molecule has 2 heterocycles. The van der Waals surface area contributed by atoms with Crippen molar-refractivity contribution in [1.82, 2.24) is 9.97 Å². The smallest absolute Gasteiger partial charge is 0.222 e. The molecule has 104 valence electrons. The number of nitrogens with one attached hydrogen (secondary N) is 1. The van der Waals surface area contributed by atoms with Gasteiger partial charge in [0.1, 0.15) is 22.4 Å². The van der Waals surface area contributed by atoms with Crippen LogP contribution < -0.4 is 16.0 Å². The van der Waals surface area contributed by atoms with Crippen LogP contribution in [0.15, 0.2) is 10.8 Å². The number of rotatable bonds is 5. The highest BCUT2D eigenvalue weighted by molar-refractivity contribution is 9.10. The van der Waals surface area contributed by atoms with Crippen LogP contribution in [0.5, 0.6) is 0 Å². The molecular weight excluding hydrogens is 310 g/mol. The Labute approximate surface area is 120 Å². The van der Waals surface area contributed by atoms with E-state index in [1.807, 2.05) is 0 Å². The first-order valence-electron chi connectivity index (χ1n) is 6.42. The molecule has 1 aromatic heterocycles. The fourth-order valence-corrected chi connectivity index (χ4v) is 2.73. The van der Waals surface area contributed by atoms with Crippen LogP contribution in [-0.2, 0) is 4.79 Å². The molecule has 1 aromatic rings. The number of nitrogens with two attached hydrogens (primary N) is 1. The first kappa shape index (κ1) is 14.0. The molecule has 2 rings (SSSR count). The largest absolute Gasteiger partial charge is 0.369 e. The zero-order chi connectivity index (χ0) is 13.8. The maximum atomic E-state index is 11.2. The lowest BCUT2D eigenvalue weighted by Crippen LogP contribution is -2.28. The van der Waals surface area contributed by atoms with Crippen molar-refractivity contribution >= 4 is 33.5 Å². The van der Waals surface area contributed by atoms with E-state index >= 15 is 0 Å². The topological polar surface area (TPSA) is 84.1 Å². The Balaban J connectivity index is 2.14. The molecule has 1 atom stereocenters. The van der Waals surface area contributed by atoms with Crippen molar-refractivity contribution < 1.29 is 4.79 Å². The molecule has 1 unspecified atom stereocenters. The normalized spacial score (nSPS) is 18.6. The number of hydrogen-bond donors (Lipinski definition) is 2. The van der Waals surface area contributed by atoms with E-state index in [0.29, 0.717) is 6.54 Å². The van der Waals surface area contributed by atoms with Crippen molar-refractivity contribution in [2.45, 2.75) is 19.8 Å². The van der Waals surface area contributed by atoms with Crippen molar-refractivity contribution in [2.24, 2.45) is 11.7 Å². The fourth-order valence-electron chi connectivity index (χ4n) is 2.13. The number of amides is 1. The molecule has 0 saturated carbocycles. The summed E-state index contributed by atoms with van der Waals surface area (Å²) in [5, 5.41) is 3.24. The number of hydrogen-bond acceptors (Lipinski definition) is 5. The Morgan fingerprint density at radius 2 is 2.42 bits per heavy atom. The van der Waals surface area contributed by atoms with Gasteiger partial charge in [-0.1, -0.05) is 6.92 Å². The third kappa shape index (κ3) is 3.15. The lowest BCUT2D eigenvalue weighted by molar-refractivity contribution is -0.121. The Hall–Kier alpha value is -1.37. The molecule has 1 fully saturated rings. The number of anilines is 2. The summed E-state index contributed by atoms with van der Waals surface area (Å²) in [6.45, 7) is 4.37. The van der Waals surface area contributed by atoms with Gasteiger partial charge >= 0.3 is 0 Å². The molecular formula is C12H18BrN5O. The van der Waals surface area contributed by atoms with Gasteiger partial charge in [0.15, 0.2) is 0 Å². The quantitative estimate of drug-likeness (QED) is 0.853. The van der Waals surface area contributed by atoms with Gasteiger partial charge in [-0.2, -0.15) is 0 Å². The molecule has 6 nitrogen and oxygen atoms in total. The number of primary amides is 1. The molecule has 0 aromatic carbocycles. The van der Waals surface area contributed by atoms with Crippen LogP contribution in [0.3, 0.4) is 0 Å². The van der Waals surface area contributed by atoms with Crippen LogP contribution in [0, 0.1) is 5.92 Å². The van der Waals surface area contributed by atoms with Gasteiger partial charge in [0.2, 0.25) is 5.91 Å². The van der Waals surface area contributed by atoms with E-state index in [2.05, 4.69) is 43.0 Å². The van der Waals surface area contributed by atoms with Gasteiger partial charge in [-0.25, -0.2) is 9.97 Å². The lowest BCUT2D eigenvalue weighted by Gasteiger charge is -2.19. The van der Waals surface area contributed by atoms with Crippen molar-refractivity contribution in [3.63, 3.8) is 0 Å². The first-order chi connectivity index (χ1) is 9.13. The first-order valence-corrected chi connectivity index (χ1v) is 7.21. The second kappa shape index (κ2) is 6.18. The predicted octanol–water partition coefficient (Wildman–Crippen LogP) is 1.37. The molecule has 1 aliphatic heterocycles. The summed E-state index contributed by atoms with van der Waals surface area (Å²) in [6, 6.07) is 0. The minimum absolute atomic E-state index is 0.0890. The molecule has 1 aliphatic rings. The zero-order valence-electron chi connectivity index (χ0n) is 10.9. The van der Waals surface area contributed by atoms with Gasteiger partial charge in [-0.3, -0.25) is 4.79 Å². The number of aromatic nitrogens is 2. The average molecular weight is 328 g/mol. The summed E-state index contributed by atoms with van der Waals surface area (Å²) >= 11 is 3.53. The van der Waals surface area contributed by atoms with E-state index in [1.165, 1.54) is 6.33 Å². The third-order valence-electron chi connectivity index (χ3n) is 3.20. The van der Waals surface area contributed by atoms with Crippen molar-refractivity contribution in [1.29, 1.82) is 0 Å². The minimum Gasteiger partial charge on any atom is -0.369 e. The van der Waals surface area contributed by atoms with Crippen LogP contribution in [0.25, 0.3) is 0 Å². The van der Waals surface area contributed by atoms with E-state index < -0.39 is 0 Å². The maximum Gasteiger partial charge on any atom is 0.222 e. The van der Waals surface area contributed by atoms with Gasteiger partial charge in [0, 0.05) is 19.6 Å². The summed E-state index contributed by atoms with van der Waals surface area (Å²) in [5.41, 5.74) is 5.35. The second-order valence-electron chi connectivity index (χ2n) is 4.62. The van der Waals surface area contributed by atoms with E-state index in [4.69, 9.17) is 5.73 Å². The SMILES string of the molecule is CCCNc1ncnc(N2CCC(C(N)=O)C2)c1Br. The van der Waals surface area contributed by atoms with Gasteiger partial charge in [0.25, 0.3) is 0 Å². The molecule has 0 aliphatic carbocycles.